The molecule has 0 spiro atoms. The van der Waals surface area contributed by atoms with Crippen LogP contribution in [0.2, 0.25) is 0 Å². The Bertz CT molecular complexity index is 1400. The van der Waals surface area contributed by atoms with Gasteiger partial charge in [-0.1, -0.05) is 30.3 Å². The predicted molar refractivity (Wildman–Crippen MR) is 152 cm³/mol. The number of rotatable bonds is 9. The lowest BCUT2D eigenvalue weighted by Gasteiger charge is -2.11. The molecule has 0 radical (unpaired) electrons. The molecule has 0 bridgehead atoms. The Balaban J connectivity index is 1.36. The highest BCUT2D eigenvalue weighted by Crippen LogP contribution is 2.21. The summed E-state index contributed by atoms with van der Waals surface area (Å²) in [6, 6.07) is 25.5. The fraction of sp³-hybridized carbons (Fsp3) is 0.0690. The monoisotopic (exact) mass is 527 g/mol. The van der Waals surface area contributed by atoms with E-state index in [4.69, 9.17) is 0 Å². The Hall–Kier alpha value is -4.14. The SMILES string of the molecule is Cc1cccc(NC(=O)CSc2ccc(NC(=O)/C(=C/c3ccsc3)NC(=O)c3ccccc3)cc2)c1. The molecule has 4 aromatic rings. The van der Waals surface area contributed by atoms with E-state index >= 15 is 0 Å². The number of carbonyl (C=O) groups excluding carboxylic acids is 3. The number of aryl methyl sites for hydroxylation is 1. The summed E-state index contributed by atoms with van der Waals surface area (Å²) in [5.41, 5.74) is 3.84. The van der Waals surface area contributed by atoms with Gasteiger partial charge in [0.1, 0.15) is 5.70 Å². The van der Waals surface area contributed by atoms with E-state index in [-0.39, 0.29) is 23.3 Å². The molecule has 186 valence electrons. The lowest BCUT2D eigenvalue weighted by molar-refractivity contribution is -0.114. The summed E-state index contributed by atoms with van der Waals surface area (Å²) in [5.74, 6) is -0.634. The number of anilines is 2. The van der Waals surface area contributed by atoms with Crippen molar-refractivity contribution in [3.63, 3.8) is 0 Å². The third-order valence-corrected chi connectivity index (χ3v) is 6.88. The molecule has 3 N–H and O–H groups in total. The molecule has 0 saturated carbocycles. The fourth-order valence-corrected chi connectivity index (χ4v) is 4.68. The Labute approximate surface area is 223 Å². The Morgan fingerprint density at radius 3 is 2.35 bits per heavy atom. The van der Waals surface area contributed by atoms with E-state index in [1.807, 2.05) is 66.2 Å². The first-order chi connectivity index (χ1) is 18.0. The van der Waals surface area contributed by atoms with E-state index in [9.17, 15) is 14.4 Å². The van der Waals surface area contributed by atoms with Crippen LogP contribution in [-0.2, 0) is 9.59 Å². The fourth-order valence-electron chi connectivity index (χ4n) is 3.37. The van der Waals surface area contributed by atoms with Crippen molar-refractivity contribution >= 4 is 58.3 Å². The zero-order chi connectivity index (χ0) is 26.0. The molecule has 0 fully saturated rings. The number of nitrogens with one attached hydrogen (secondary N) is 3. The van der Waals surface area contributed by atoms with Crippen LogP contribution < -0.4 is 16.0 Å². The third-order valence-electron chi connectivity index (χ3n) is 5.17. The summed E-state index contributed by atoms with van der Waals surface area (Å²) in [4.78, 5) is 38.9. The van der Waals surface area contributed by atoms with E-state index in [2.05, 4.69) is 16.0 Å². The molecule has 3 aromatic carbocycles. The first-order valence-electron chi connectivity index (χ1n) is 11.5. The quantitative estimate of drug-likeness (QED) is 0.179. The summed E-state index contributed by atoms with van der Waals surface area (Å²) >= 11 is 2.90. The van der Waals surface area contributed by atoms with Gasteiger partial charge in [0, 0.05) is 21.8 Å². The highest BCUT2D eigenvalue weighted by atomic mass is 32.2. The van der Waals surface area contributed by atoms with Gasteiger partial charge in [0.05, 0.1) is 5.75 Å². The van der Waals surface area contributed by atoms with Crippen molar-refractivity contribution in [1.29, 1.82) is 0 Å². The van der Waals surface area contributed by atoms with E-state index in [0.29, 0.717) is 11.3 Å². The second-order valence-electron chi connectivity index (χ2n) is 8.12. The molecule has 0 unspecified atom stereocenters. The van der Waals surface area contributed by atoms with E-state index in [1.54, 1.807) is 42.5 Å². The second kappa shape index (κ2) is 12.7. The largest absolute Gasteiger partial charge is 0.325 e. The molecule has 3 amide bonds. The van der Waals surface area contributed by atoms with Crippen molar-refractivity contribution in [3.8, 4) is 0 Å². The summed E-state index contributed by atoms with van der Waals surface area (Å²) < 4.78 is 0. The lowest BCUT2D eigenvalue weighted by Crippen LogP contribution is -2.30. The first kappa shape index (κ1) is 25.9. The van der Waals surface area contributed by atoms with Crippen LogP contribution in [0.5, 0.6) is 0 Å². The van der Waals surface area contributed by atoms with E-state index in [1.165, 1.54) is 23.1 Å². The van der Waals surface area contributed by atoms with Gasteiger partial charge in [-0.15, -0.1) is 11.8 Å². The molecular weight excluding hydrogens is 502 g/mol. The number of amides is 3. The van der Waals surface area contributed by atoms with Crippen molar-refractivity contribution in [1.82, 2.24) is 5.32 Å². The van der Waals surface area contributed by atoms with Gasteiger partial charge >= 0.3 is 0 Å². The lowest BCUT2D eigenvalue weighted by atomic mass is 10.2. The highest BCUT2D eigenvalue weighted by Gasteiger charge is 2.15. The molecule has 0 aliphatic heterocycles. The standard InChI is InChI=1S/C29H25N3O3S2/c1-20-6-5-9-24(16-20)30-27(33)19-37-25-12-10-23(11-13-25)31-29(35)26(17-21-14-15-36-18-21)32-28(34)22-7-3-2-4-8-22/h2-18H,19H2,1H3,(H,30,33)(H,31,35)(H,32,34)/b26-17-. The Morgan fingerprint density at radius 2 is 1.65 bits per heavy atom. The first-order valence-corrected chi connectivity index (χ1v) is 13.4. The number of thioether (sulfide) groups is 1. The molecule has 0 saturated heterocycles. The molecule has 0 aliphatic rings. The summed E-state index contributed by atoms with van der Waals surface area (Å²) in [5, 5.41) is 12.2. The van der Waals surface area contributed by atoms with E-state index < -0.39 is 5.91 Å². The van der Waals surface area contributed by atoms with Crippen LogP contribution >= 0.6 is 23.1 Å². The molecule has 1 heterocycles. The molecule has 4 rings (SSSR count). The van der Waals surface area contributed by atoms with Gasteiger partial charge in [-0.05, 0) is 89.5 Å². The van der Waals surface area contributed by atoms with Crippen LogP contribution in [0.1, 0.15) is 21.5 Å². The van der Waals surface area contributed by atoms with Crippen molar-refractivity contribution in [2.75, 3.05) is 16.4 Å². The third kappa shape index (κ3) is 7.93. The van der Waals surface area contributed by atoms with Gasteiger partial charge in [-0.3, -0.25) is 14.4 Å². The van der Waals surface area contributed by atoms with Crippen LogP contribution in [0.4, 0.5) is 11.4 Å². The second-order valence-corrected chi connectivity index (χ2v) is 9.95. The van der Waals surface area contributed by atoms with Crippen molar-refractivity contribution in [2.45, 2.75) is 11.8 Å². The normalized spacial score (nSPS) is 11.0. The van der Waals surface area contributed by atoms with Gasteiger partial charge in [0.2, 0.25) is 5.91 Å². The number of hydrogen-bond donors (Lipinski definition) is 3. The Morgan fingerprint density at radius 1 is 0.865 bits per heavy atom. The van der Waals surface area contributed by atoms with Gasteiger partial charge < -0.3 is 16.0 Å². The van der Waals surface area contributed by atoms with Crippen LogP contribution in [0.3, 0.4) is 0 Å². The topological polar surface area (TPSA) is 87.3 Å². The Kier molecular flexibility index (Phi) is 8.91. The molecule has 6 nitrogen and oxygen atoms in total. The number of carbonyl (C=O) groups is 3. The minimum atomic E-state index is -0.437. The zero-order valence-electron chi connectivity index (χ0n) is 20.1. The predicted octanol–water partition coefficient (Wildman–Crippen LogP) is 6.20. The molecule has 8 heteroatoms. The maximum atomic E-state index is 13.1. The molecule has 1 aromatic heterocycles. The zero-order valence-corrected chi connectivity index (χ0v) is 21.7. The molecule has 0 aliphatic carbocycles. The van der Waals surface area contributed by atoms with Crippen LogP contribution in [0, 0.1) is 6.92 Å². The van der Waals surface area contributed by atoms with E-state index in [0.717, 1.165) is 21.7 Å². The smallest absolute Gasteiger partial charge is 0.272 e. The van der Waals surface area contributed by atoms with Gasteiger partial charge in [0.25, 0.3) is 11.8 Å². The van der Waals surface area contributed by atoms with Crippen LogP contribution in [0.25, 0.3) is 6.08 Å². The van der Waals surface area contributed by atoms with Gasteiger partial charge in [-0.2, -0.15) is 11.3 Å². The van der Waals surface area contributed by atoms with Crippen molar-refractivity contribution in [2.24, 2.45) is 0 Å². The van der Waals surface area contributed by atoms with Gasteiger partial charge in [-0.25, -0.2) is 0 Å². The van der Waals surface area contributed by atoms with Crippen molar-refractivity contribution < 1.29 is 14.4 Å². The number of hydrogen-bond acceptors (Lipinski definition) is 5. The van der Waals surface area contributed by atoms with Crippen LogP contribution in [0.15, 0.2) is 106 Å². The van der Waals surface area contributed by atoms with Crippen molar-refractivity contribution in [3.05, 3.63) is 118 Å². The summed E-state index contributed by atoms with van der Waals surface area (Å²) in [6.07, 6.45) is 1.64. The molecule has 0 atom stereocenters. The summed E-state index contributed by atoms with van der Waals surface area (Å²) in [6.45, 7) is 1.98. The van der Waals surface area contributed by atoms with Gasteiger partial charge in [0.15, 0.2) is 0 Å². The minimum absolute atomic E-state index is 0.0923. The summed E-state index contributed by atoms with van der Waals surface area (Å²) in [7, 11) is 0. The minimum Gasteiger partial charge on any atom is -0.325 e. The average molecular weight is 528 g/mol. The number of benzene rings is 3. The number of thiophene rings is 1. The average Bonchev–Trinajstić information content (AvgIpc) is 3.41. The van der Waals surface area contributed by atoms with Crippen LogP contribution in [-0.4, -0.2) is 23.5 Å². The highest BCUT2D eigenvalue weighted by molar-refractivity contribution is 8.00. The molecular formula is C29H25N3O3S2. The molecule has 37 heavy (non-hydrogen) atoms. The maximum absolute atomic E-state index is 13.1. The maximum Gasteiger partial charge on any atom is 0.272 e.